The molecule has 0 bridgehead atoms. The lowest BCUT2D eigenvalue weighted by molar-refractivity contribution is -0.156. The van der Waals surface area contributed by atoms with Gasteiger partial charge in [-0.15, -0.1) is 0 Å². The molecular formula is C15H20N2O3S. The van der Waals surface area contributed by atoms with Crippen LogP contribution in [0.5, 0.6) is 0 Å². The Kier molecular flexibility index (Phi) is 3.53. The Balaban J connectivity index is 1.51. The number of likely N-dealkylation sites (tertiary alicyclic amines) is 2. The second kappa shape index (κ2) is 5.10. The summed E-state index contributed by atoms with van der Waals surface area (Å²) in [5, 5.41) is 0. The molecule has 5 nitrogen and oxygen atoms in total. The van der Waals surface area contributed by atoms with Gasteiger partial charge in [0.15, 0.2) is 9.84 Å². The molecule has 0 radical (unpaired) electrons. The first-order valence-corrected chi connectivity index (χ1v) is 8.80. The van der Waals surface area contributed by atoms with Crippen LogP contribution in [0.25, 0.3) is 0 Å². The van der Waals surface area contributed by atoms with Gasteiger partial charge in [-0.3, -0.25) is 4.79 Å². The first-order valence-electron chi connectivity index (χ1n) is 7.14. The third-order valence-corrected chi connectivity index (χ3v) is 6.03. The summed E-state index contributed by atoms with van der Waals surface area (Å²) in [5.74, 6) is -0.158. The van der Waals surface area contributed by atoms with E-state index in [1.165, 1.54) is 0 Å². The van der Waals surface area contributed by atoms with E-state index < -0.39 is 9.84 Å². The van der Waals surface area contributed by atoms with Crippen molar-refractivity contribution in [2.45, 2.75) is 11.3 Å². The van der Waals surface area contributed by atoms with Gasteiger partial charge in [-0.2, -0.15) is 0 Å². The molecule has 1 spiro atoms. The number of rotatable bonds is 4. The predicted octanol–water partition coefficient (Wildman–Crippen LogP) is 0.624. The molecular weight excluding hydrogens is 288 g/mol. The van der Waals surface area contributed by atoms with Gasteiger partial charge in [0.25, 0.3) is 0 Å². The summed E-state index contributed by atoms with van der Waals surface area (Å²) in [5.41, 5.74) is 0.294. The van der Waals surface area contributed by atoms with Crippen molar-refractivity contribution in [3.63, 3.8) is 0 Å². The number of amides is 1. The van der Waals surface area contributed by atoms with Gasteiger partial charge in [0, 0.05) is 38.0 Å². The number of sulfone groups is 1. The summed E-state index contributed by atoms with van der Waals surface area (Å²) in [6.07, 6.45) is 0.0726. The van der Waals surface area contributed by atoms with E-state index in [1.54, 1.807) is 35.2 Å². The molecule has 2 aliphatic heterocycles. The van der Waals surface area contributed by atoms with Crippen LogP contribution in [-0.2, 0) is 14.6 Å². The van der Waals surface area contributed by atoms with Crippen LogP contribution in [0.3, 0.4) is 0 Å². The number of carbonyl (C=O) groups is 1. The van der Waals surface area contributed by atoms with E-state index in [9.17, 15) is 13.2 Å². The zero-order valence-electron chi connectivity index (χ0n) is 12.2. The Hall–Kier alpha value is -1.40. The van der Waals surface area contributed by atoms with E-state index in [-0.39, 0.29) is 18.1 Å². The molecule has 3 rings (SSSR count). The third-order valence-electron chi connectivity index (χ3n) is 4.30. The highest BCUT2D eigenvalue weighted by molar-refractivity contribution is 7.91. The fourth-order valence-electron chi connectivity index (χ4n) is 3.36. The smallest absolute Gasteiger partial charge is 0.223 e. The minimum absolute atomic E-state index is 0.0466. The molecule has 1 amide bonds. The summed E-state index contributed by atoms with van der Waals surface area (Å²) in [7, 11) is -1.29. The summed E-state index contributed by atoms with van der Waals surface area (Å²) < 4.78 is 24.3. The SMILES string of the molecule is CN1CC2(C1)CN(C(=O)CCS(=O)(=O)c1ccccc1)C2. The number of carbonyl (C=O) groups excluding carboxylic acids is 1. The van der Waals surface area contributed by atoms with E-state index in [2.05, 4.69) is 11.9 Å². The number of hydrogen-bond acceptors (Lipinski definition) is 4. The molecule has 2 aliphatic rings. The van der Waals surface area contributed by atoms with Crippen molar-refractivity contribution >= 4 is 15.7 Å². The molecule has 0 N–H and O–H groups in total. The van der Waals surface area contributed by atoms with E-state index >= 15 is 0 Å². The van der Waals surface area contributed by atoms with Gasteiger partial charge < -0.3 is 9.80 Å². The quantitative estimate of drug-likeness (QED) is 0.818. The largest absolute Gasteiger partial charge is 0.341 e. The molecule has 0 saturated carbocycles. The molecule has 2 saturated heterocycles. The minimum Gasteiger partial charge on any atom is -0.341 e. The molecule has 1 aromatic rings. The highest BCUT2D eigenvalue weighted by Gasteiger charge is 2.51. The Labute approximate surface area is 125 Å². The standard InChI is InChI=1S/C15H20N2O3S/c1-16-9-15(10-16)11-17(12-15)14(18)7-8-21(19,20)13-5-3-2-4-6-13/h2-6H,7-12H2,1H3. The molecule has 2 fully saturated rings. The van der Waals surface area contributed by atoms with Crippen molar-refractivity contribution in [1.82, 2.24) is 9.80 Å². The van der Waals surface area contributed by atoms with Crippen LogP contribution < -0.4 is 0 Å². The first kappa shape index (κ1) is 14.5. The molecule has 21 heavy (non-hydrogen) atoms. The van der Waals surface area contributed by atoms with Crippen LogP contribution in [0, 0.1) is 5.41 Å². The van der Waals surface area contributed by atoms with Crippen molar-refractivity contribution in [1.29, 1.82) is 0 Å². The fraction of sp³-hybridized carbons (Fsp3) is 0.533. The Bertz CT molecular complexity index is 628. The molecule has 0 unspecified atom stereocenters. The van der Waals surface area contributed by atoms with Crippen molar-refractivity contribution in [3.05, 3.63) is 30.3 Å². The van der Waals surface area contributed by atoms with Crippen LogP contribution in [0.4, 0.5) is 0 Å². The molecule has 1 aromatic carbocycles. The molecule has 0 aromatic heterocycles. The maximum atomic E-state index is 12.1. The predicted molar refractivity (Wildman–Crippen MR) is 79.6 cm³/mol. The van der Waals surface area contributed by atoms with E-state index in [1.807, 2.05) is 0 Å². The zero-order valence-corrected chi connectivity index (χ0v) is 13.0. The van der Waals surface area contributed by atoms with Gasteiger partial charge in [-0.25, -0.2) is 8.42 Å². The second-order valence-electron chi connectivity index (χ2n) is 6.30. The molecule has 0 aliphatic carbocycles. The maximum absolute atomic E-state index is 12.1. The van der Waals surface area contributed by atoms with Gasteiger partial charge in [0.2, 0.25) is 5.91 Å². The van der Waals surface area contributed by atoms with Crippen LogP contribution in [0.15, 0.2) is 35.2 Å². The maximum Gasteiger partial charge on any atom is 0.223 e. The zero-order chi connectivity index (χ0) is 15.1. The van der Waals surface area contributed by atoms with Crippen LogP contribution in [-0.4, -0.2) is 63.1 Å². The highest BCUT2D eigenvalue weighted by Crippen LogP contribution is 2.38. The molecule has 0 atom stereocenters. The summed E-state index contributed by atoms with van der Waals surface area (Å²) >= 11 is 0. The summed E-state index contributed by atoms with van der Waals surface area (Å²) in [4.78, 5) is 16.4. The lowest BCUT2D eigenvalue weighted by Crippen LogP contribution is -2.72. The van der Waals surface area contributed by atoms with Gasteiger partial charge in [-0.1, -0.05) is 18.2 Å². The van der Waals surface area contributed by atoms with Crippen molar-refractivity contribution in [2.24, 2.45) is 5.41 Å². The van der Waals surface area contributed by atoms with E-state index in [0.29, 0.717) is 10.3 Å². The minimum atomic E-state index is -3.36. The average molecular weight is 308 g/mol. The normalized spacial score (nSPS) is 20.9. The number of benzene rings is 1. The van der Waals surface area contributed by atoms with Crippen molar-refractivity contribution in [2.75, 3.05) is 39.0 Å². The van der Waals surface area contributed by atoms with Crippen LogP contribution >= 0.6 is 0 Å². The first-order chi connectivity index (χ1) is 9.90. The second-order valence-corrected chi connectivity index (χ2v) is 8.41. The van der Waals surface area contributed by atoms with Crippen molar-refractivity contribution < 1.29 is 13.2 Å². The monoisotopic (exact) mass is 308 g/mol. The van der Waals surface area contributed by atoms with Gasteiger partial charge in [-0.05, 0) is 19.2 Å². The molecule has 6 heteroatoms. The fourth-order valence-corrected chi connectivity index (χ4v) is 4.61. The summed E-state index contributed by atoms with van der Waals surface area (Å²) in [6.45, 7) is 3.64. The van der Waals surface area contributed by atoms with Gasteiger partial charge in [0.05, 0.1) is 10.6 Å². The van der Waals surface area contributed by atoms with Crippen LogP contribution in [0.1, 0.15) is 6.42 Å². The lowest BCUT2D eigenvalue weighted by Gasteiger charge is -2.59. The number of hydrogen-bond donors (Lipinski definition) is 0. The average Bonchev–Trinajstić information content (AvgIpc) is 2.40. The third kappa shape index (κ3) is 2.82. The highest BCUT2D eigenvalue weighted by atomic mass is 32.2. The number of nitrogens with zero attached hydrogens (tertiary/aromatic N) is 2. The lowest BCUT2D eigenvalue weighted by atomic mass is 9.73. The summed E-state index contributed by atoms with van der Waals surface area (Å²) in [6, 6.07) is 8.31. The Morgan fingerprint density at radius 1 is 1.14 bits per heavy atom. The van der Waals surface area contributed by atoms with E-state index in [0.717, 1.165) is 26.2 Å². The van der Waals surface area contributed by atoms with Gasteiger partial charge in [0.1, 0.15) is 0 Å². The molecule has 2 heterocycles. The Morgan fingerprint density at radius 3 is 2.33 bits per heavy atom. The topological polar surface area (TPSA) is 57.7 Å². The van der Waals surface area contributed by atoms with Crippen molar-refractivity contribution in [3.8, 4) is 0 Å². The molecule has 114 valence electrons. The Morgan fingerprint density at radius 2 is 1.76 bits per heavy atom. The van der Waals surface area contributed by atoms with Gasteiger partial charge >= 0.3 is 0 Å². The van der Waals surface area contributed by atoms with E-state index in [4.69, 9.17) is 0 Å². The van der Waals surface area contributed by atoms with Crippen LogP contribution in [0.2, 0.25) is 0 Å².